The van der Waals surface area contributed by atoms with Crippen LogP contribution in [-0.4, -0.2) is 10.7 Å². The van der Waals surface area contributed by atoms with E-state index < -0.39 is 4.92 Å². The van der Waals surface area contributed by atoms with Crippen LogP contribution in [0.15, 0.2) is 48.0 Å². The van der Waals surface area contributed by atoms with Crippen molar-refractivity contribution in [2.24, 2.45) is 0 Å². The zero-order chi connectivity index (χ0) is 15.0. The summed E-state index contributed by atoms with van der Waals surface area (Å²) < 4.78 is 0. The van der Waals surface area contributed by atoms with Gasteiger partial charge in [-0.3, -0.25) is 14.9 Å². The van der Waals surface area contributed by atoms with Gasteiger partial charge in [-0.15, -0.1) is 0 Å². The summed E-state index contributed by atoms with van der Waals surface area (Å²) in [7, 11) is 0. The summed E-state index contributed by atoms with van der Waals surface area (Å²) in [6, 6.07) is 11.9. The van der Waals surface area contributed by atoms with Crippen LogP contribution in [0.5, 0.6) is 0 Å². The van der Waals surface area contributed by atoms with E-state index in [4.69, 9.17) is 11.6 Å². The number of ketones is 1. The van der Waals surface area contributed by atoms with Crippen molar-refractivity contribution in [2.75, 3.05) is 0 Å². The molecule has 0 radical (unpaired) electrons. The van der Waals surface area contributed by atoms with Crippen LogP contribution in [-0.2, 0) is 6.42 Å². The van der Waals surface area contributed by atoms with Crippen molar-refractivity contribution in [1.29, 1.82) is 0 Å². The molecule has 0 heterocycles. The summed E-state index contributed by atoms with van der Waals surface area (Å²) in [4.78, 5) is 22.6. The first-order chi connectivity index (χ1) is 10.1. The zero-order valence-corrected chi connectivity index (χ0v) is 11.6. The van der Waals surface area contributed by atoms with E-state index in [1.54, 1.807) is 18.2 Å². The summed E-state index contributed by atoms with van der Waals surface area (Å²) in [6.45, 7) is 0. The van der Waals surface area contributed by atoms with Gasteiger partial charge < -0.3 is 0 Å². The molecule has 0 fully saturated rings. The fraction of sp³-hybridized carbons (Fsp3) is 0.0625. The van der Waals surface area contributed by atoms with E-state index in [9.17, 15) is 14.9 Å². The van der Waals surface area contributed by atoms with Gasteiger partial charge in [0.25, 0.3) is 5.69 Å². The molecule has 0 spiro atoms. The fourth-order valence-corrected chi connectivity index (χ4v) is 2.62. The minimum atomic E-state index is -0.532. The number of halogens is 1. The maximum Gasteiger partial charge on any atom is 0.288 e. The maximum absolute atomic E-state index is 12.3. The van der Waals surface area contributed by atoms with Crippen molar-refractivity contribution >= 4 is 29.1 Å². The first-order valence-electron chi connectivity index (χ1n) is 6.33. The third kappa shape index (κ3) is 2.45. The Kier molecular flexibility index (Phi) is 3.31. The van der Waals surface area contributed by atoms with Crippen LogP contribution in [0.1, 0.15) is 21.5 Å². The predicted octanol–water partition coefficient (Wildman–Crippen LogP) is 4.07. The Morgan fingerprint density at radius 3 is 2.67 bits per heavy atom. The highest BCUT2D eigenvalue weighted by Crippen LogP contribution is 2.30. The smallest absolute Gasteiger partial charge is 0.288 e. The molecule has 5 heteroatoms. The Morgan fingerprint density at radius 1 is 1.19 bits per heavy atom. The van der Waals surface area contributed by atoms with Gasteiger partial charge in [-0.1, -0.05) is 41.9 Å². The van der Waals surface area contributed by atoms with Crippen LogP contribution in [0.2, 0.25) is 5.02 Å². The topological polar surface area (TPSA) is 60.2 Å². The van der Waals surface area contributed by atoms with E-state index in [1.165, 1.54) is 12.1 Å². The molecule has 0 bridgehead atoms. The maximum atomic E-state index is 12.3. The van der Waals surface area contributed by atoms with Gasteiger partial charge in [0.2, 0.25) is 0 Å². The first kappa shape index (κ1) is 13.5. The Labute approximate surface area is 125 Å². The molecule has 2 aromatic carbocycles. The molecule has 21 heavy (non-hydrogen) atoms. The van der Waals surface area contributed by atoms with Gasteiger partial charge in [-0.25, -0.2) is 0 Å². The van der Waals surface area contributed by atoms with Gasteiger partial charge in [0.1, 0.15) is 5.02 Å². The SMILES string of the molecule is O=C1/C(=C/c2ccc(Cl)c([N+](=O)[O-])c2)Cc2ccccc21. The number of nitrogens with zero attached hydrogens (tertiary/aromatic N) is 1. The molecule has 0 amide bonds. The number of nitro benzene ring substituents is 1. The second-order valence-electron chi connectivity index (χ2n) is 4.80. The Bertz CT molecular complexity index is 796. The first-order valence-corrected chi connectivity index (χ1v) is 6.71. The summed E-state index contributed by atoms with van der Waals surface area (Å²) >= 11 is 5.78. The largest absolute Gasteiger partial charge is 0.289 e. The highest BCUT2D eigenvalue weighted by Gasteiger charge is 2.24. The van der Waals surface area contributed by atoms with E-state index in [0.717, 1.165) is 5.56 Å². The number of carbonyl (C=O) groups is 1. The molecular weight excluding hydrogens is 290 g/mol. The van der Waals surface area contributed by atoms with E-state index in [-0.39, 0.29) is 16.5 Å². The lowest BCUT2D eigenvalue weighted by Crippen LogP contribution is -1.95. The van der Waals surface area contributed by atoms with Gasteiger partial charge in [0, 0.05) is 23.6 Å². The monoisotopic (exact) mass is 299 g/mol. The quantitative estimate of drug-likeness (QED) is 0.477. The molecule has 1 aliphatic rings. The number of fused-ring (bicyclic) bond motifs is 1. The van der Waals surface area contributed by atoms with E-state index in [0.29, 0.717) is 23.1 Å². The van der Waals surface area contributed by atoms with Gasteiger partial charge in [0.15, 0.2) is 5.78 Å². The van der Waals surface area contributed by atoms with E-state index >= 15 is 0 Å². The average Bonchev–Trinajstić information content (AvgIpc) is 2.78. The number of allylic oxidation sites excluding steroid dienone is 1. The van der Waals surface area contributed by atoms with Gasteiger partial charge in [-0.05, 0) is 23.3 Å². The van der Waals surface area contributed by atoms with Crippen LogP contribution < -0.4 is 0 Å². The summed E-state index contributed by atoms with van der Waals surface area (Å²) in [5.74, 6) is -0.0248. The van der Waals surface area contributed by atoms with Crippen molar-refractivity contribution in [1.82, 2.24) is 0 Å². The summed E-state index contributed by atoms with van der Waals surface area (Å²) in [6.07, 6.45) is 2.23. The predicted molar refractivity (Wildman–Crippen MR) is 80.6 cm³/mol. The van der Waals surface area contributed by atoms with Crippen molar-refractivity contribution in [3.63, 3.8) is 0 Å². The molecule has 4 nitrogen and oxygen atoms in total. The lowest BCUT2D eigenvalue weighted by molar-refractivity contribution is -0.384. The third-order valence-electron chi connectivity index (χ3n) is 3.44. The molecule has 3 rings (SSSR count). The second-order valence-corrected chi connectivity index (χ2v) is 5.21. The number of carbonyl (C=O) groups excluding carboxylic acids is 1. The minimum absolute atomic E-state index is 0.0248. The fourth-order valence-electron chi connectivity index (χ4n) is 2.43. The van der Waals surface area contributed by atoms with Crippen LogP contribution in [0.3, 0.4) is 0 Å². The van der Waals surface area contributed by atoms with Crippen molar-refractivity contribution in [2.45, 2.75) is 6.42 Å². The molecule has 0 aromatic heterocycles. The van der Waals surface area contributed by atoms with Crippen molar-refractivity contribution < 1.29 is 9.72 Å². The number of Topliss-reactive ketones (excluding diaryl/α,β-unsaturated/α-hetero) is 1. The molecule has 0 unspecified atom stereocenters. The number of rotatable bonds is 2. The van der Waals surface area contributed by atoms with Crippen molar-refractivity contribution in [3.05, 3.63) is 79.9 Å². The highest BCUT2D eigenvalue weighted by molar-refractivity contribution is 6.32. The molecule has 0 saturated carbocycles. The molecule has 1 aliphatic carbocycles. The van der Waals surface area contributed by atoms with Crippen LogP contribution in [0.4, 0.5) is 5.69 Å². The number of hydrogen-bond donors (Lipinski definition) is 0. The minimum Gasteiger partial charge on any atom is -0.289 e. The van der Waals surface area contributed by atoms with E-state index in [1.807, 2.05) is 18.2 Å². The number of benzene rings is 2. The Morgan fingerprint density at radius 2 is 1.95 bits per heavy atom. The summed E-state index contributed by atoms with van der Waals surface area (Å²) in [5.41, 5.74) is 2.76. The number of hydrogen-bond acceptors (Lipinski definition) is 3. The Balaban J connectivity index is 2.00. The zero-order valence-electron chi connectivity index (χ0n) is 10.9. The Hall–Kier alpha value is -2.46. The molecule has 0 atom stereocenters. The van der Waals surface area contributed by atoms with Crippen LogP contribution >= 0.6 is 11.6 Å². The molecule has 0 saturated heterocycles. The third-order valence-corrected chi connectivity index (χ3v) is 3.76. The highest BCUT2D eigenvalue weighted by atomic mass is 35.5. The van der Waals surface area contributed by atoms with Crippen molar-refractivity contribution in [3.8, 4) is 0 Å². The molecule has 104 valence electrons. The van der Waals surface area contributed by atoms with Gasteiger partial charge in [-0.2, -0.15) is 0 Å². The normalized spacial score (nSPS) is 15.3. The second kappa shape index (κ2) is 5.14. The molecular formula is C16H10ClNO3. The van der Waals surface area contributed by atoms with E-state index in [2.05, 4.69) is 0 Å². The van der Waals surface area contributed by atoms with Gasteiger partial charge >= 0.3 is 0 Å². The average molecular weight is 300 g/mol. The molecule has 0 N–H and O–H groups in total. The van der Waals surface area contributed by atoms with Crippen LogP contribution in [0, 0.1) is 10.1 Å². The van der Waals surface area contributed by atoms with Gasteiger partial charge in [0.05, 0.1) is 4.92 Å². The molecule has 0 aliphatic heterocycles. The summed E-state index contributed by atoms with van der Waals surface area (Å²) in [5, 5.41) is 11.0. The number of nitro groups is 1. The lowest BCUT2D eigenvalue weighted by atomic mass is 10.1. The standard InChI is InChI=1S/C16H10ClNO3/c17-14-6-5-10(8-15(14)18(20)21)7-12-9-11-3-1-2-4-13(11)16(12)19/h1-8H,9H2/b12-7+. The lowest BCUT2D eigenvalue weighted by Gasteiger charge is -1.99. The van der Waals surface area contributed by atoms with Crippen LogP contribution in [0.25, 0.3) is 6.08 Å². The molecule has 2 aromatic rings.